The number of fused-ring (bicyclic) bond motifs is 1. The van der Waals surface area contributed by atoms with Gasteiger partial charge in [0.2, 0.25) is 5.01 Å². The van der Waals surface area contributed by atoms with Gasteiger partial charge >= 0.3 is 0 Å². The summed E-state index contributed by atoms with van der Waals surface area (Å²) in [4.78, 5) is 16.5. The lowest BCUT2D eigenvalue weighted by molar-refractivity contribution is 0.102. The molecule has 4 aromatic rings. The second-order valence-electron chi connectivity index (χ2n) is 5.34. The minimum atomic E-state index is -0.396. The Labute approximate surface area is 165 Å². The van der Waals surface area contributed by atoms with Crippen molar-refractivity contribution in [1.82, 2.24) is 15.2 Å². The van der Waals surface area contributed by atoms with Gasteiger partial charge in [-0.05, 0) is 42.5 Å². The van der Waals surface area contributed by atoms with E-state index in [1.807, 2.05) is 0 Å². The molecule has 0 saturated carbocycles. The van der Waals surface area contributed by atoms with Gasteiger partial charge in [-0.3, -0.25) is 4.79 Å². The smallest absolute Gasteiger partial charge is 0.286 e. The van der Waals surface area contributed by atoms with Crippen molar-refractivity contribution in [2.24, 2.45) is 0 Å². The third-order valence-electron chi connectivity index (χ3n) is 3.41. The third-order valence-corrected chi connectivity index (χ3v) is 5.59. The first-order valence-corrected chi connectivity index (χ1v) is 9.83. The van der Waals surface area contributed by atoms with Gasteiger partial charge in [0, 0.05) is 10.7 Å². The van der Waals surface area contributed by atoms with Crippen molar-refractivity contribution >= 4 is 57.4 Å². The van der Waals surface area contributed by atoms with Crippen molar-refractivity contribution in [2.75, 3.05) is 5.32 Å². The van der Waals surface area contributed by atoms with Crippen molar-refractivity contribution in [1.29, 1.82) is 0 Å². The lowest BCUT2D eigenvalue weighted by Gasteiger charge is -2.01. The van der Waals surface area contributed by atoms with E-state index in [0.29, 0.717) is 37.8 Å². The monoisotopic (exact) mass is 420 g/mol. The summed E-state index contributed by atoms with van der Waals surface area (Å²) in [5.41, 5.74) is 1.82. The van der Waals surface area contributed by atoms with Crippen LogP contribution in [0.2, 0.25) is 5.02 Å². The number of aromatic nitrogens is 3. The molecular weight excluding hydrogens is 411 g/mol. The van der Waals surface area contributed by atoms with Crippen LogP contribution >= 0.6 is 34.7 Å². The summed E-state index contributed by atoms with van der Waals surface area (Å²) < 4.78 is 18.5. The number of carbonyl (C=O) groups is 1. The van der Waals surface area contributed by atoms with Gasteiger partial charge in [0.25, 0.3) is 11.1 Å². The van der Waals surface area contributed by atoms with E-state index in [1.165, 1.54) is 47.4 Å². The molecule has 2 aromatic carbocycles. The summed E-state index contributed by atoms with van der Waals surface area (Å²) in [6.45, 7) is 0. The number of benzene rings is 2. The first kappa shape index (κ1) is 17.9. The molecule has 0 aliphatic carbocycles. The summed E-state index contributed by atoms with van der Waals surface area (Å²) in [7, 11) is 0. The molecule has 0 bridgehead atoms. The number of amides is 1. The van der Waals surface area contributed by atoms with Crippen LogP contribution < -0.4 is 5.32 Å². The highest BCUT2D eigenvalue weighted by molar-refractivity contribution is 7.98. The molecule has 4 rings (SSSR count). The van der Waals surface area contributed by atoms with E-state index >= 15 is 0 Å². The van der Waals surface area contributed by atoms with E-state index in [4.69, 9.17) is 16.0 Å². The Kier molecular flexibility index (Phi) is 5.06. The molecule has 0 saturated heterocycles. The first-order chi connectivity index (χ1) is 13.1. The fourth-order valence-corrected chi connectivity index (χ4v) is 3.91. The van der Waals surface area contributed by atoms with Gasteiger partial charge in [0.15, 0.2) is 5.58 Å². The maximum absolute atomic E-state index is 12.9. The van der Waals surface area contributed by atoms with Crippen molar-refractivity contribution < 1.29 is 13.6 Å². The Morgan fingerprint density at radius 3 is 2.85 bits per heavy atom. The lowest BCUT2D eigenvalue weighted by Crippen LogP contribution is -2.11. The standard InChI is InChI=1S/C17H10ClFN4O2S2/c18-9-1-6-13-12(7-9)21-17(25-13)26-8-14-22-23-16(27-14)15(24)20-11-4-2-10(19)3-5-11/h1-7H,8H2,(H,20,24). The molecule has 0 unspecified atom stereocenters. The van der Waals surface area contributed by atoms with Crippen LogP contribution in [0.25, 0.3) is 11.1 Å². The molecule has 0 spiro atoms. The quantitative estimate of drug-likeness (QED) is 0.457. The molecular formula is C17H10ClFN4O2S2. The number of hydrogen-bond acceptors (Lipinski definition) is 7. The first-order valence-electron chi connectivity index (χ1n) is 7.65. The molecule has 27 heavy (non-hydrogen) atoms. The van der Waals surface area contributed by atoms with Gasteiger partial charge in [-0.2, -0.15) is 0 Å². The Morgan fingerprint density at radius 2 is 2.04 bits per heavy atom. The molecule has 136 valence electrons. The number of oxazole rings is 1. The number of carbonyl (C=O) groups excluding carboxylic acids is 1. The lowest BCUT2D eigenvalue weighted by atomic mass is 10.3. The molecule has 0 radical (unpaired) electrons. The molecule has 10 heteroatoms. The topological polar surface area (TPSA) is 80.9 Å². The Balaban J connectivity index is 1.39. The van der Waals surface area contributed by atoms with Crippen molar-refractivity contribution in [2.45, 2.75) is 11.0 Å². The number of nitrogens with one attached hydrogen (secondary N) is 1. The van der Waals surface area contributed by atoms with Crippen LogP contribution in [0.15, 0.2) is 52.1 Å². The van der Waals surface area contributed by atoms with Crippen LogP contribution in [-0.4, -0.2) is 21.1 Å². The minimum Gasteiger partial charge on any atom is -0.431 e. The maximum atomic E-state index is 12.9. The molecule has 0 aliphatic heterocycles. The van der Waals surface area contributed by atoms with Gasteiger partial charge in [0.05, 0.1) is 5.75 Å². The summed E-state index contributed by atoms with van der Waals surface area (Å²) in [5, 5.41) is 12.5. The van der Waals surface area contributed by atoms with E-state index in [9.17, 15) is 9.18 Å². The number of rotatable bonds is 5. The van der Waals surface area contributed by atoms with E-state index in [0.717, 1.165) is 0 Å². The maximum Gasteiger partial charge on any atom is 0.286 e. The summed E-state index contributed by atoms with van der Waals surface area (Å²) in [6, 6.07) is 10.7. The highest BCUT2D eigenvalue weighted by Gasteiger charge is 2.15. The average molecular weight is 421 g/mol. The zero-order valence-electron chi connectivity index (χ0n) is 13.5. The average Bonchev–Trinajstić information content (AvgIpc) is 3.28. The zero-order valence-corrected chi connectivity index (χ0v) is 15.9. The van der Waals surface area contributed by atoms with Gasteiger partial charge < -0.3 is 9.73 Å². The molecule has 1 N–H and O–H groups in total. The van der Waals surface area contributed by atoms with Crippen LogP contribution in [0, 0.1) is 5.82 Å². The van der Waals surface area contributed by atoms with Crippen LogP contribution in [0.5, 0.6) is 0 Å². The van der Waals surface area contributed by atoms with E-state index in [2.05, 4.69) is 20.5 Å². The predicted octanol–water partition coefficient (Wildman–Crippen LogP) is 5.02. The Morgan fingerprint density at radius 1 is 1.22 bits per heavy atom. The Bertz CT molecular complexity index is 1110. The number of thioether (sulfide) groups is 1. The van der Waals surface area contributed by atoms with Crippen molar-refractivity contribution in [3.8, 4) is 0 Å². The predicted molar refractivity (Wildman–Crippen MR) is 103 cm³/mol. The number of halogens is 2. The van der Waals surface area contributed by atoms with Crippen molar-refractivity contribution in [3.05, 3.63) is 63.3 Å². The molecule has 2 aromatic heterocycles. The molecule has 0 fully saturated rings. The molecule has 6 nitrogen and oxygen atoms in total. The van der Waals surface area contributed by atoms with Gasteiger partial charge in [0.1, 0.15) is 16.3 Å². The SMILES string of the molecule is O=C(Nc1ccc(F)cc1)c1nnc(CSc2nc3cc(Cl)ccc3o2)s1. The van der Waals surface area contributed by atoms with Gasteiger partial charge in [-0.15, -0.1) is 10.2 Å². The Hall–Kier alpha value is -2.49. The van der Waals surface area contributed by atoms with E-state index in [1.54, 1.807) is 18.2 Å². The minimum absolute atomic E-state index is 0.222. The van der Waals surface area contributed by atoms with E-state index < -0.39 is 5.91 Å². The largest absolute Gasteiger partial charge is 0.431 e. The summed E-state index contributed by atoms with van der Waals surface area (Å²) >= 11 is 8.46. The van der Waals surface area contributed by atoms with E-state index in [-0.39, 0.29) is 10.8 Å². The summed E-state index contributed by atoms with van der Waals surface area (Å²) in [6.07, 6.45) is 0. The van der Waals surface area contributed by atoms with Crippen LogP contribution in [0.3, 0.4) is 0 Å². The fraction of sp³-hybridized carbons (Fsp3) is 0.0588. The second kappa shape index (κ2) is 7.63. The zero-order chi connectivity index (χ0) is 18.8. The second-order valence-corrected chi connectivity index (χ2v) is 7.77. The number of nitrogens with zero attached hydrogens (tertiary/aromatic N) is 3. The third kappa shape index (κ3) is 4.26. The highest BCUT2D eigenvalue weighted by Crippen LogP contribution is 2.28. The van der Waals surface area contributed by atoms with Crippen LogP contribution in [0.4, 0.5) is 10.1 Å². The molecule has 0 aliphatic rings. The van der Waals surface area contributed by atoms with Crippen LogP contribution in [0.1, 0.15) is 14.8 Å². The molecule has 2 heterocycles. The van der Waals surface area contributed by atoms with Gasteiger partial charge in [-0.1, -0.05) is 34.7 Å². The van der Waals surface area contributed by atoms with Crippen molar-refractivity contribution in [3.63, 3.8) is 0 Å². The summed E-state index contributed by atoms with van der Waals surface area (Å²) in [5.74, 6) is -0.307. The fourth-order valence-electron chi connectivity index (χ4n) is 2.19. The molecule has 0 atom stereocenters. The molecule has 1 amide bonds. The normalized spacial score (nSPS) is 11.0. The highest BCUT2D eigenvalue weighted by atomic mass is 35.5. The number of hydrogen-bond donors (Lipinski definition) is 1. The number of anilines is 1. The van der Waals surface area contributed by atoms with Gasteiger partial charge in [-0.25, -0.2) is 9.37 Å². The van der Waals surface area contributed by atoms with Crippen LogP contribution in [-0.2, 0) is 5.75 Å².